The van der Waals surface area contributed by atoms with Crippen LogP contribution in [0, 0.1) is 0 Å². The molecule has 0 bridgehead atoms. The Labute approximate surface area is 96.9 Å². The average Bonchev–Trinajstić information content (AvgIpc) is 2.31. The Morgan fingerprint density at radius 2 is 1.81 bits per heavy atom. The molecule has 0 spiro atoms. The zero-order valence-corrected chi connectivity index (χ0v) is 10.0. The summed E-state index contributed by atoms with van der Waals surface area (Å²) in [7, 11) is -3.13. The number of rotatable bonds is 3. The third-order valence-electron chi connectivity index (χ3n) is 2.86. The van der Waals surface area contributed by atoms with E-state index in [9.17, 15) is 8.42 Å². The van der Waals surface area contributed by atoms with Crippen LogP contribution in [0.5, 0.6) is 0 Å². The fourth-order valence-electron chi connectivity index (χ4n) is 1.99. The molecule has 1 aliphatic rings. The molecule has 86 valence electrons. The molecule has 0 radical (unpaired) electrons. The van der Waals surface area contributed by atoms with Crippen LogP contribution in [0.15, 0.2) is 46.9 Å². The fraction of sp³-hybridized carbons (Fsp3) is 0.385. The van der Waals surface area contributed by atoms with Gasteiger partial charge in [-0.3, -0.25) is 0 Å². The highest BCUT2D eigenvalue weighted by Gasteiger charge is 2.17. The Morgan fingerprint density at radius 1 is 1.06 bits per heavy atom. The van der Waals surface area contributed by atoms with Crippen LogP contribution < -0.4 is 0 Å². The smallest absolute Gasteiger partial charge is 0.182 e. The van der Waals surface area contributed by atoms with Crippen LogP contribution in [0.4, 0.5) is 0 Å². The minimum atomic E-state index is -3.13. The van der Waals surface area contributed by atoms with Crippen molar-refractivity contribution in [1.29, 1.82) is 0 Å². The number of hydrogen-bond donors (Lipinski definition) is 0. The van der Waals surface area contributed by atoms with Crippen molar-refractivity contribution in [3.05, 3.63) is 42.0 Å². The molecular formula is C13H16O2S. The summed E-state index contributed by atoms with van der Waals surface area (Å²) in [6, 6.07) is 8.70. The topological polar surface area (TPSA) is 34.1 Å². The van der Waals surface area contributed by atoms with Crippen LogP contribution in [-0.2, 0) is 9.84 Å². The van der Waals surface area contributed by atoms with Gasteiger partial charge in [0, 0.05) is 0 Å². The van der Waals surface area contributed by atoms with Gasteiger partial charge in [-0.15, -0.1) is 0 Å². The molecule has 0 aliphatic heterocycles. The summed E-state index contributed by atoms with van der Waals surface area (Å²) >= 11 is 0. The van der Waals surface area contributed by atoms with E-state index >= 15 is 0 Å². The van der Waals surface area contributed by atoms with E-state index in [1.54, 1.807) is 24.3 Å². The van der Waals surface area contributed by atoms with E-state index < -0.39 is 9.84 Å². The first-order valence-electron chi connectivity index (χ1n) is 5.64. The standard InChI is InChI=1S/C13H16O2S/c14-16(15,13-9-5-2-6-10-13)11-12-7-3-1-4-8-12/h2,5-7,9-10H,1,3-4,8,11H2. The normalized spacial score (nSPS) is 16.9. The number of hydrogen-bond acceptors (Lipinski definition) is 2. The van der Waals surface area contributed by atoms with Gasteiger partial charge in [0.25, 0.3) is 0 Å². The largest absolute Gasteiger partial charge is 0.223 e. The molecule has 0 aromatic heterocycles. The number of allylic oxidation sites excluding steroid dienone is 1. The zero-order valence-electron chi connectivity index (χ0n) is 9.22. The van der Waals surface area contributed by atoms with E-state index in [4.69, 9.17) is 0 Å². The molecule has 1 aliphatic carbocycles. The lowest BCUT2D eigenvalue weighted by Gasteiger charge is -2.12. The number of benzene rings is 1. The molecule has 0 amide bonds. The molecule has 0 fully saturated rings. The van der Waals surface area contributed by atoms with E-state index in [1.165, 1.54) is 6.42 Å². The van der Waals surface area contributed by atoms with E-state index in [0.29, 0.717) is 4.90 Å². The predicted molar refractivity (Wildman–Crippen MR) is 65.0 cm³/mol. The Morgan fingerprint density at radius 3 is 2.44 bits per heavy atom. The second-order valence-electron chi connectivity index (χ2n) is 4.18. The summed E-state index contributed by atoms with van der Waals surface area (Å²) in [5.74, 6) is 0.191. The van der Waals surface area contributed by atoms with Gasteiger partial charge in [-0.25, -0.2) is 8.42 Å². The van der Waals surface area contributed by atoms with Crippen molar-refractivity contribution in [2.75, 3.05) is 5.75 Å². The molecular weight excluding hydrogens is 220 g/mol. The van der Waals surface area contributed by atoms with Gasteiger partial charge in [0.2, 0.25) is 0 Å². The molecule has 3 heteroatoms. The predicted octanol–water partition coefficient (Wildman–Crippen LogP) is 2.96. The molecule has 0 saturated carbocycles. The van der Waals surface area contributed by atoms with Crippen LogP contribution in [0.3, 0.4) is 0 Å². The van der Waals surface area contributed by atoms with Gasteiger partial charge in [0.05, 0.1) is 10.6 Å². The first-order valence-corrected chi connectivity index (χ1v) is 7.29. The molecule has 0 atom stereocenters. The van der Waals surface area contributed by atoms with Crippen molar-refractivity contribution < 1.29 is 8.42 Å². The Balaban J connectivity index is 2.18. The Bertz CT molecular complexity index is 472. The molecule has 0 saturated heterocycles. The van der Waals surface area contributed by atoms with Crippen LogP contribution in [0.1, 0.15) is 25.7 Å². The lowest BCUT2D eigenvalue weighted by Crippen LogP contribution is -2.10. The van der Waals surface area contributed by atoms with Crippen molar-refractivity contribution in [3.8, 4) is 0 Å². The van der Waals surface area contributed by atoms with Crippen molar-refractivity contribution in [2.24, 2.45) is 0 Å². The highest BCUT2D eigenvalue weighted by Crippen LogP contribution is 2.21. The summed E-state index contributed by atoms with van der Waals surface area (Å²) < 4.78 is 24.1. The molecule has 2 rings (SSSR count). The maximum atomic E-state index is 12.1. The van der Waals surface area contributed by atoms with E-state index in [2.05, 4.69) is 6.08 Å². The van der Waals surface area contributed by atoms with Gasteiger partial charge in [-0.05, 0) is 37.8 Å². The third kappa shape index (κ3) is 2.73. The van der Waals surface area contributed by atoms with E-state index in [-0.39, 0.29) is 5.75 Å². The molecule has 16 heavy (non-hydrogen) atoms. The second-order valence-corrected chi connectivity index (χ2v) is 6.17. The first kappa shape index (κ1) is 11.4. The maximum absolute atomic E-state index is 12.1. The summed E-state index contributed by atoms with van der Waals surface area (Å²) in [4.78, 5) is 0.432. The lowest BCUT2D eigenvalue weighted by atomic mass is 10.0. The monoisotopic (exact) mass is 236 g/mol. The summed E-state index contributed by atoms with van der Waals surface area (Å²) in [5, 5.41) is 0. The van der Waals surface area contributed by atoms with Gasteiger partial charge < -0.3 is 0 Å². The van der Waals surface area contributed by atoms with Crippen LogP contribution in [0.25, 0.3) is 0 Å². The van der Waals surface area contributed by atoms with Gasteiger partial charge in [0.1, 0.15) is 0 Å². The summed E-state index contributed by atoms with van der Waals surface area (Å²) in [6.45, 7) is 0. The first-order chi connectivity index (χ1) is 7.68. The van der Waals surface area contributed by atoms with Gasteiger partial charge in [-0.2, -0.15) is 0 Å². The van der Waals surface area contributed by atoms with Crippen molar-refractivity contribution >= 4 is 9.84 Å². The van der Waals surface area contributed by atoms with Crippen LogP contribution in [-0.4, -0.2) is 14.2 Å². The second kappa shape index (κ2) is 4.83. The van der Waals surface area contributed by atoms with Gasteiger partial charge in [0.15, 0.2) is 9.84 Å². The van der Waals surface area contributed by atoms with Crippen molar-refractivity contribution in [3.63, 3.8) is 0 Å². The SMILES string of the molecule is O=S(=O)(CC1=CCCCC1)c1ccccc1. The molecule has 0 N–H and O–H groups in total. The molecule has 0 heterocycles. The summed E-state index contributed by atoms with van der Waals surface area (Å²) in [5.41, 5.74) is 1.08. The highest BCUT2D eigenvalue weighted by atomic mass is 32.2. The minimum Gasteiger partial charge on any atom is -0.223 e. The van der Waals surface area contributed by atoms with Gasteiger partial charge >= 0.3 is 0 Å². The van der Waals surface area contributed by atoms with Crippen molar-refractivity contribution in [2.45, 2.75) is 30.6 Å². The molecule has 1 aromatic carbocycles. The highest BCUT2D eigenvalue weighted by molar-refractivity contribution is 7.91. The Hall–Kier alpha value is -1.09. The Kier molecular flexibility index (Phi) is 3.44. The zero-order chi connectivity index (χ0) is 11.4. The average molecular weight is 236 g/mol. The molecule has 0 unspecified atom stereocenters. The minimum absolute atomic E-state index is 0.191. The van der Waals surface area contributed by atoms with E-state index in [0.717, 1.165) is 24.8 Å². The number of sulfone groups is 1. The fourth-order valence-corrected chi connectivity index (χ4v) is 3.48. The van der Waals surface area contributed by atoms with Crippen molar-refractivity contribution in [1.82, 2.24) is 0 Å². The van der Waals surface area contributed by atoms with Crippen LogP contribution >= 0.6 is 0 Å². The summed E-state index contributed by atoms with van der Waals surface area (Å²) in [6.07, 6.45) is 6.36. The van der Waals surface area contributed by atoms with E-state index in [1.807, 2.05) is 6.07 Å². The molecule has 2 nitrogen and oxygen atoms in total. The lowest BCUT2D eigenvalue weighted by molar-refractivity contribution is 0.595. The van der Waals surface area contributed by atoms with Gasteiger partial charge in [-0.1, -0.05) is 29.8 Å². The maximum Gasteiger partial charge on any atom is 0.182 e. The van der Waals surface area contributed by atoms with Crippen LogP contribution in [0.2, 0.25) is 0 Å². The quantitative estimate of drug-likeness (QED) is 0.756. The molecule has 1 aromatic rings. The third-order valence-corrected chi connectivity index (χ3v) is 4.60.